The maximum absolute atomic E-state index is 10.6. The van der Waals surface area contributed by atoms with Crippen molar-refractivity contribution < 1.29 is 9.90 Å². The van der Waals surface area contributed by atoms with Crippen molar-refractivity contribution in [2.45, 2.75) is 0 Å². The van der Waals surface area contributed by atoms with Crippen LogP contribution in [0.2, 0.25) is 0 Å². The Morgan fingerprint density at radius 1 is 1.46 bits per heavy atom. The number of carboxylic acids is 1. The zero-order chi connectivity index (χ0) is 9.26. The van der Waals surface area contributed by atoms with Crippen LogP contribution in [0.4, 0.5) is 0 Å². The number of aromatic amines is 1. The number of thiophene rings is 1. The maximum Gasteiger partial charge on any atom is 0.345 e. The second-order valence-electron chi connectivity index (χ2n) is 2.44. The smallest absolute Gasteiger partial charge is 0.345 e. The molecule has 2 heterocycles. The summed E-state index contributed by atoms with van der Waals surface area (Å²) in [6.45, 7) is 0. The summed E-state index contributed by atoms with van der Waals surface area (Å²) >= 11 is 1.23. The molecule has 0 amide bonds. The van der Waals surface area contributed by atoms with Crippen molar-refractivity contribution in [2.24, 2.45) is 0 Å². The fourth-order valence-corrected chi connectivity index (χ4v) is 1.81. The molecule has 0 atom stereocenters. The summed E-state index contributed by atoms with van der Waals surface area (Å²) in [7, 11) is 0. The fourth-order valence-electron chi connectivity index (χ4n) is 0.991. The van der Waals surface area contributed by atoms with Crippen molar-refractivity contribution in [1.82, 2.24) is 10.2 Å². The Labute approximate surface area is 77.8 Å². The molecule has 0 spiro atoms. The Balaban J connectivity index is 2.39. The fraction of sp³-hybridized carbons (Fsp3) is 0. The molecule has 0 bridgehead atoms. The molecule has 0 fully saturated rings. The summed E-state index contributed by atoms with van der Waals surface area (Å²) in [6, 6.07) is 5.16. The van der Waals surface area contributed by atoms with Gasteiger partial charge in [0.05, 0.1) is 10.6 Å². The van der Waals surface area contributed by atoms with E-state index >= 15 is 0 Å². The van der Waals surface area contributed by atoms with E-state index in [1.165, 1.54) is 11.3 Å². The zero-order valence-electron chi connectivity index (χ0n) is 6.52. The van der Waals surface area contributed by atoms with Gasteiger partial charge in [-0.3, -0.25) is 5.10 Å². The van der Waals surface area contributed by atoms with E-state index in [0.29, 0.717) is 4.88 Å². The number of nitrogens with zero attached hydrogens (tertiary/aromatic N) is 1. The van der Waals surface area contributed by atoms with Gasteiger partial charge in [-0.25, -0.2) is 4.79 Å². The van der Waals surface area contributed by atoms with Gasteiger partial charge in [-0.1, -0.05) is 0 Å². The molecule has 0 saturated heterocycles. The third kappa shape index (κ3) is 1.46. The topological polar surface area (TPSA) is 66.0 Å². The van der Waals surface area contributed by atoms with E-state index < -0.39 is 5.97 Å². The molecule has 0 aromatic carbocycles. The Morgan fingerprint density at radius 2 is 2.31 bits per heavy atom. The van der Waals surface area contributed by atoms with E-state index in [1.54, 1.807) is 24.4 Å². The molecule has 2 aromatic rings. The number of hydrogen-bond donors (Lipinski definition) is 2. The van der Waals surface area contributed by atoms with Crippen LogP contribution in [0.15, 0.2) is 24.4 Å². The Bertz CT molecular complexity index is 419. The second kappa shape index (κ2) is 3.02. The van der Waals surface area contributed by atoms with Gasteiger partial charge >= 0.3 is 5.97 Å². The summed E-state index contributed by atoms with van der Waals surface area (Å²) in [4.78, 5) is 11.8. The summed E-state index contributed by atoms with van der Waals surface area (Å²) < 4.78 is 0. The first kappa shape index (κ1) is 8.00. The predicted molar refractivity (Wildman–Crippen MR) is 48.9 cm³/mol. The normalized spacial score (nSPS) is 10.2. The van der Waals surface area contributed by atoms with Crippen LogP contribution in [0.25, 0.3) is 10.6 Å². The van der Waals surface area contributed by atoms with Gasteiger partial charge in [-0.05, 0) is 18.2 Å². The van der Waals surface area contributed by atoms with E-state index in [1.807, 2.05) is 0 Å². The lowest BCUT2D eigenvalue weighted by atomic mass is 10.3. The van der Waals surface area contributed by atoms with Crippen LogP contribution in [0.5, 0.6) is 0 Å². The standard InChI is InChI=1S/C8H6N2O2S/c11-8(12)7-2-1-6(13-7)5-3-4-9-10-5/h1-4H,(H,9,10)(H,11,12). The van der Waals surface area contributed by atoms with Crippen molar-refractivity contribution >= 4 is 17.3 Å². The van der Waals surface area contributed by atoms with Gasteiger partial charge < -0.3 is 5.11 Å². The molecule has 0 radical (unpaired) electrons. The average Bonchev–Trinajstić information content (AvgIpc) is 2.75. The zero-order valence-corrected chi connectivity index (χ0v) is 7.34. The highest BCUT2D eigenvalue weighted by Gasteiger charge is 2.08. The lowest BCUT2D eigenvalue weighted by Gasteiger charge is -1.87. The third-order valence-electron chi connectivity index (χ3n) is 1.58. The van der Waals surface area contributed by atoms with E-state index in [-0.39, 0.29) is 0 Å². The van der Waals surface area contributed by atoms with Gasteiger partial charge in [-0.15, -0.1) is 11.3 Å². The Hall–Kier alpha value is -1.62. The first-order valence-corrected chi connectivity index (χ1v) is 4.42. The van der Waals surface area contributed by atoms with Crippen LogP contribution >= 0.6 is 11.3 Å². The number of H-pyrrole nitrogens is 1. The molecule has 0 saturated carbocycles. The molecular formula is C8H6N2O2S. The lowest BCUT2D eigenvalue weighted by molar-refractivity contribution is 0.0702. The van der Waals surface area contributed by atoms with Gasteiger partial charge in [0.2, 0.25) is 0 Å². The number of aromatic nitrogens is 2. The number of rotatable bonds is 2. The highest BCUT2D eigenvalue weighted by Crippen LogP contribution is 2.25. The number of aromatic carboxylic acids is 1. The van der Waals surface area contributed by atoms with Crippen molar-refractivity contribution in [3.8, 4) is 10.6 Å². The lowest BCUT2D eigenvalue weighted by Crippen LogP contribution is -1.89. The Morgan fingerprint density at radius 3 is 2.85 bits per heavy atom. The summed E-state index contributed by atoms with van der Waals surface area (Å²) in [5.41, 5.74) is 0.845. The van der Waals surface area contributed by atoms with Gasteiger partial charge in [0, 0.05) is 6.20 Å². The molecule has 0 aliphatic heterocycles. The minimum absolute atomic E-state index is 0.338. The summed E-state index contributed by atoms with van der Waals surface area (Å²) in [5.74, 6) is -0.893. The first-order valence-electron chi connectivity index (χ1n) is 3.60. The predicted octanol–water partition coefficient (Wildman–Crippen LogP) is 1.84. The van der Waals surface area contributed by atoms with Gasteiger partial charge in [0.1, 0.15) is 4.88 Å². The quantitative estimate of drug-likeness (QED) is 0.766. The van der Waals surface area contributed by atoms with Crippen LogP contribution < -0.4 is 0 Å². The largest absolute Gasteiger partial charge is 0.477 e. The Kier molecular flexibility index (Phi) is 1.86. The van der Waals surface area contributed by atoms with E-state index in [9.17, 15) is 4.79 Å². The number of carboxylic acid groups (broad SMARTS) is 1. The molecule has 4 nitrogen and oxygen atoms in total. The molecule has 0 aliphatic carbocycles. The highest BCUT2D eigenvalue weighted by atomic mass is 32.1. The van der Waals surface area contributed by atoms with Crippen LogP contribution in [0.3, 0.4) is 0 Å². The van der Waals surface area contributed by atoms with Crippen LogP contribution in [0, 0.1) is 0 Å². The molecule has 13 heavy (non-hydrogen) atoms. The molecule has 2 rings (SSSR count). The van der Waals surface area contributed by atoms with Gasteiger partial charge in [0.15, 0.2) is 0 Å². The van der Waals surface area contributed by atoms with E-state index in [2.05, 4.69) is 10.2 Å². The molecule has 0 unspecified atom stereocenters. The molecule has 0 aliphatic rings. The minimum atomic E-state index is -0.893. The van der Waals surface area contributed by atoms with E-state index in [0.717, 1.165) is 10.6 Å². The number of carbonyl (C=O) groups is 1. The average molecular weight is 194 g/mol. The molecule has 2 N–H and O–H groups in total. The van der Waals surface area contributed by atoms with Crippen LogP contribution in [-0.4, -0.2) is 21.3 Å². The molecule has 5 heteroatoms. The van der Waals surface area contributed by atoms with Crippen molar-refractivity contribution in [3.63, 3.8) is 0 Å². The monoisotopic (exact) mass is 194 g/mol. The van der Waals surface area contributed by atoms with Gasteiger partial charge in [0.25, 0.3) is 0 Å². The summed E-state index contributed by atoms with van der Waals surface area (Å²) in [5, 5.41) is 15.2. The SMILES string of the molecule is O=C(O)c1ccc(-c2ccn[nH]2)s1. The number of hydrogen-bond acceptors (Lipinski definition) is 3. The molecular weight excluding hydrogens is 188 g/mol. The van der Waals surface area contributed by atoms with Crippen LogP contribution in [-0.2, 0) is 0 Å². The minimum Gasteiger partial charge on any atom is -0.477 e. The second-order valence-corrected chi connectivity index (χ2v) is 3.52. The maximum atomic E-state index is 10.6. The van der Waals surface area contributed by atoms with Crippen molar-refractivity contribution in [3.05, 3.63) is 29.3 Å². The van der Waals surface area contributed by atoms with Crippen molar-refractivity contribution in [1.29, 1.82) is 0 Å². The van der Waals surface area contributed by atoms with E-state index in [4.69, 9.17) is 5.11 Å². The van der Waals surface area contributed by atoms with Crippen LogP contribution in [0.1, 0.15) is 9.67 Å². The van der Waals surface area contributed by atoms with Gasteiger partial charge in [-0.2, -0.15) is 5.10 Å². The summed E-state index contributed by atoms with van der Waals surface area (Å²) in [6.07, 6.45) is 1.63. The third-order valence-corrected chi connectivity index (χ3v) is 2.69. The molecule has 66 valence electrons. The highest BCUT2D eigenvalue weighted by molar-refractivity contribution is 7.17. The van der Waals surface area contributed by atoms with Crippen molar-refractivity contribution in [2.75, 3.05) is 0 Å². The number of nitrogens with one attached hydrogen (secondary N) is 1. The first-order chi connectivity index (χ1) is 6.27. The molecule has 2 aromatic heterocycles.